The topological polar surface area (TPSA) is 94.2 Å². The number of likely N-dealkylation sites (tertiary alicyclic amines) is 1. The zero-order valence-electron chi connectivity index (χ0n) is 18.5. The van der Waals surface area contributed by atoms with Crippen LogP contribution in [-0.4, -0.2) is 59.7 Å². The molecule has 1 N–H and O–H groups in total. The fraction of sp³-hybridized carbons (Fsp3) is 0.435. The van der Waals surface area contributed by atoms with E-state index in [9.17, 15) is 13.2 Å². The maximum atomic E-state index is 13.1. The van der Waals surface area contributed by atoms with Gasteiger partial charge < -0.3 is 19.1 Å². The van der Waals surface area contributed by atoms with Crippen LogP contribution in [-0.2, 0) is 10.0 Å². The standard InChI is InChI=1S/C23H30N2O6S/c1-29-18-7-9-19(10-8-18)31-16-13-24-32(27,28)20-11-12-22(30-2)21(17-20)23(26)25-14-5-3-4-6-15-25/h7-12,17,24H,3-6,13-16H2,1-2H3. The van der Waals surface area contributed by atoms with Crippen LogP contribution in [0.15, 0.2) is 47.4 Å². The van der Waals surface area contributed by atoms with E-state index < -0.39 is 10.0 Å². The molecular weight excluding hydrogens is 432 g/mol. The summed E-state index contributed by atoms with van der Waals surface area (Å²) in [5, 5.41) is 0. The molecule has 9 heteroatoms. The summed E-state index contributed by atoms with van der Waals surface area (Å²) >= 11 is 0. The fourth-order valence-electron chi connectivity index (χ4n) is 3.57. The van der Waals surface area contributed by atoms with Crippen molar-refractivity contribution in [3.63, 3.8) is 0 Å². The Bertz CT molecular complexity index is 1000. The number of nitrogens with one attached hydrogen (secondary N) is 1. The zero-order valence-corrected chi connectivity index (χ0v) is 19.3. The molecule has 8 nitrogen and oxygen atoms in total. The highest BCUT2D eigenvalue weighted by Crippen LogP contribution is 2.25. The Morgan fingerprint density at radius 3 is 2.22 bits per heavy atom. The number of hydrogen-bond donors (Lipinski definition) is 1. The molecule has 0 unspecified atom stereocenters. The van der Waals surface area contributed by atoms with Crippen molar-refractivity contribution in [2.45, 2.75) is 30.6 Å². The maximum Gasteiger partial charge on any atom is 0.257 e. The summed E-state index contributed by atoms with van der Waals surface area (Å²) < 4.78 is 44.1. The van der Waals surface area contributed by atoms with Crippen molar-refractivity contribution in [2.75, 3.05) is 40.5 Å². The van der Waals surface area contributed by atoms with Gasteiger partial charge in [-0.2, -0.15) is 0 Å². The molecule has 174 valence electrons. The number of carbonyl (C=O) groups excluding carboxylic acids is 1. The second-order valence-corrected chi connectivity index (χ2v) is 9.26. The predicted molar refractivity (Wildman–Crippen MR) is 121 cm³/mol. The molecule has 1 fully saturated rings. The van der Waals surface area contributed by atoms with Gasteiger partial charge >= 0.3 is 0 Å². The van der Waals surface area contributed by atoms with E-state index in [2.05, 4.69) is 4.72 Å². The number of sulfonamides is 1. The number of amides is 1. The average molecular weight is 463 g/mol. The minimum atomic E-state index is -3.82. The molecule has 32 heavy (non-hydrogen) atoms. The van der Waals surface area contributed by atoms with Crippen molar-refractivity contribution >= 4 is 15.9 Å². The van der Waals surface area contributed by atoms with Crippen LogP contribution in [0.3, 0.4) is 0 Å². The molecule has 1 saturated heterocycles. The zero-order chi connectivity index (χ0) is 23.0. The van der Waals surface area contributed by atoms with E-state index in [4.69, 9.17) is 14.2 Å². The van der Waals surface area contributed by atoms with Crippen molar-refractivity contribution in [2.24, 2.45) is 0 Å². The Hall–Kier alpha value is -2.78. The van der Waals surface area contributed by atoms with Crippen LogP contribution < -0.4 is 18.9 Å². The summed E-state index contributed by atoms with van der Waals surface area (Å²) in [5.74, 6) is 1.48. The average Bonchev–Trinajstić information content (AvgIpc) is 3.11. The Morgan fingerprint density at radius 1 is 0.938 bits per heavy atom. The molecule has 2 aromatic rings. The summed E-state index contributed by atoms with van der Waals surface area (Å²) in [6.07, 6.45) is 4.08. The predicted octanol–water partition coefficient (Wildman–Crippen LogP) is 3.08. The summed E-state index contributed by atoms with van der Waals surface area (Å²) in [7, 11) is -0.771. The third kappa shape index (κ3) is 6.14. The molecule has 3 rings (SSSR count). The number of benzene rings is 2. The second kappa shape index (κ2) is 11.2. The number of hydrogen-bond acceptors (Lipinski definition) is 6. The lowest BCUT2D eigenvalue weighted by Crippen LogP contribution is -2.32. The first-order valence-electron chi connectivity index (χ1n) is 10.7. The van der Waals surface area contributed by atoms with Crippen LogP contribution in [0.5, 0.6) is 17.2 Å². The molecule has 0 atom stereocenters. The summed E-state index contributed by atoms with van der Waals surface area (Å²) in [5.41, 5.74) is 0.256. The highest BCUT2D eigenvalue weighted by molar-refractivity contribution is 7.89. The van der Waals surface area contributed by atoms with Crippen molar-refractivity contribution in [1.82, 2.24) is 9.62 Å². The van der Waals surface area contributed by atoms with Gasteiger partial charge in [-0.15, -0.1) is 0 Å². The van der Waals surface area contributed by atoms with Crippen LogP contribution in [0.25, 0.3) is 0 Å². The van der Waals surface area contributed by atoms with Crippen LogP contribution >= 0.6 is 0 Å². The molecule has 2 aromatic carbocycles. The van der Waals surface area contributed by atoms with Crippen LogP contribution in [0, 0.1) is 0 Å². The molecule has 0 aromatic heterocycles. The van der Waals surface area contributed by atoms with E-state index in [-0.39, 0.29) is 29.5 Å². The van der Waals surface area contributed by atoms with Gasteiger partial charge in [0.2, 0.25) is 10.0 Å². The molecule has 0 spiro atoms. The van der Waals surface area contributed by atoms with Crippen LogP contribution in [0.4, 0.5) is 0 Å². The number of methoxy groups -OCH3 is 2. The van der Waals surface area contributed by atoms with Gasteiger partial charge in [0.15, 0.2) is 0 Å². The molecular formula is C23H30N2O6S. The fourth-order valence-corrected chi connectivity index (χ4v) is 4.60. The van der Waals surface area contributed by atoms with E-state index in [0.717, 1.165) is 25.7 Å². The first kappa shape index (κ1) is 23.9. The van der Waals surface area contributed by atoms with Crippen LogP contribution in [0.2, 0.25) is 0 Å². The van der Waals surface area contributed by atoms with Crippen molar-refractivity contribution in [1.29, 1.82) is 0 Å². The van der Waals surface area contributed by atoms with Gasteiger partial charge in [0, 0.05) is 19.6 Å². The lowest BCUT2D eigenvalue weighted by molar-refractivity contribution is 0.0758. The quantitative estimate of drug-likeness (QED) is 0.576. The molecule has 0 saturated carbocycles. The lowest BCUT2D eigenvalue weighted by atomic mass is 10.1. The van der Waals surface area contributed by atoms with E-state index >= 15 is 0 Å². The third-order valence-corrected chi connectivity index (χ3v) is 6.79. The van der Waals surface area contributed by atoms with Crippen molar-refractivity contribution in [3.8, 4) is 17.2 Å². The van der Waals surface area contributed by atoms with Gasteiger partial charge in [-0.25, -0.2) is 13.1 Å². The Labute approximate surface area is 189 Å². The number of rotatable bonds is 9. The number of ether oxygens (including phenoxy) is 3. The largest absolute Gasteiger partial charge is 0.497 e. The van der Waals surface area contributed by atoms with Gasteiger partial charge in [0.25, 0.3) is 5.91 Å². The van der Waals surface area contributed by atoms with E-state index in [1.54, 1.807) is 36.3 Å². The van der Waals surface area contributed by atoms with Gasteiger partial charge in [-0.1, -0.05) is 12.8 Å². The van der Waals surface area contributed by atoms with Gasteiger partial charge in [0.1, 0.15) is 23.9 Å². The first-order valence-corrected chi connectivity index (χ1v) is 12.2. The molecule has 0 radical (unpaired) electrons. The van der Waals surface area contributed by atoms with Crippen LogP contribution in [0.1, 0.15) is 36.0 Å². The minimum Gasteiger partial charge on any atom is -0.497 e. The highest BCUT2D eigenvalue weighted by atomic mass is 32.2. The summed E-state index contributed by atoms with van der Waals surface area (Å²) in [4.78, 5) is 14.9. The second-order valence-electron chi connectivity index (χ2n) is 7.49. The molecule has 1 amide bonds. The van der Waals surface area contributed by atoms with Crippen molar-refractivity contribution in [3.05, 3.63) is 48.0 Å². The monoisotopic (exact) mass is 462 g/mol. The first-order chi connectivity index (χ1) is 15.4. The van der Waals surface area contributed by atoms with E-state index in [1.165, 1.54) is 25.3 Å². The van der Waals surface area contributed by atoms with E-state index in [0.29, 0.717) is 30.3 Å². The smallest absolute Gasteiger partial charge is 0.257 e. The Morgan fingerprint density at radius 2 is 1.59 bits per heavy atom. The maximum absolute atomic E-state index is 13.1. The SMILES string of the molecule is COc1ccc(OCCNS(=O)(=O)c2ccc(OC)c(C(=O)N3CCCCCC3)c2)cc1. The molecule has 0 bridgehead atoms. The summed E-state index contributed by atoms with van der Waals surface area (Å²) in [6, 6.07) is 11.4. The molecule has 0 aliphatic carbocycles. The van der Waals surface area contributed by atoms with Gasteiger partial charge in [0.05, 0.1) is 24.7 Å². The lowest BCUT2D eigenvalue weighted by Gasteiger charge is -2.22. The van der Waals surface area contributed by atoms with Crippen molar-refractivity contribution < 1.29 is 27.4 Å². The number of nitrogens with zero attached hydrogens (tertiary/aromatic N) is 1. The van der Waals surface area contributed by atoms with E-state index in [1.807, 2.05) is 0 Å². The minimum absolute atomic E-state index is 0.0147. The number of carbonyl (C=O) groups is 1. The molecule has 1 aliphatic rings. The molecule has 1 aliphatic heterocycles. The normalized spacial score (nSPS) is 14.5. The highest BCUT2D eigenvalue weighted by Gasteiger charge is 2.24. The summed E-state index contributed by atoms with van der Waals surface area (Å²) in [6.45, 7) is 1.57. The van der Waals surface area contributed by atoms with Gasteiger partial charge in [-0.05, 0) is 55.3 Å². The Kier molecular flexibility index (Phi) is 8.35. The van der Waals surface area contributed by atoms with Gasteiger partial charge in [-0.3, -0.25) is 4.79 Å². The third-order valence-electron chi connectivity index (χ3n) is 5.33. The molecule has 1 heterocycles. The Balaban J connectivity index is 1.65.